The van der Waals surface area contributed by atoms with E-state index >= 15 is 0 Å². The molecular formula is C11H12FN3O. The molecule has 4 nitrogen and oxygen atoms in total. The first-order valence-electron chi connectivity index (χ1n) is 5.27. The van der Waals surface area contributed by atoms with Crippen molar-refractivity contribution in [3.63, 3.8) is 0 Å². The average molecular weight is 221 g/mol. The summed E-state index contributed by atoms with van der Waals surface area (Å²) in [6, 6.07) is 3.12. The smallest absolute Gasteiger partial charge is 0.209 e. The molecule has 0 aromatic carbocycles. The van der Waals surface area contributed by atoms with E-state index in [1.807, 2.05) is 0 Å². The summed E-state index contributed by atoms with van der Waals surface area (Å²) in [4.78, 5) is 18.4. The van der Waals surface area contributed by atoms with Crippen molar-refractivity contribution in [1.29, 1.82) is 0 Å². The van der Waals surface area contributed by atoms with Gasteiger partial charge in [-0.25, -0.2) is 9.37 Å². The number of aromatic nitrogens is 1. The van der Waals surface area contributed by atoms with Crippen LogP contribution in [0.5, 0.6) is 0 Å². The molecule has 0 aliphatic carbocycles. The van der Waals surface area contributed by atoms with Crippen LogP contribution < -0.4 is 4.90 Å². The molecule has 16 heavy (non-hydrogen) atoms. The van der Waals surface area contributed by atoms with E-state index in [9.17, 15) is 9.18 Å². The van der Waals surface area contributed by atoms with Crippen molar-refractivity contribution in [3.05, 3.63) is 24.1 Å². The molecule has 0 N–H and O–H groups in total. The third kappa shape index (κ3) is 1.35. The zero-order chi connectivity index (χ0) is 11.2. The lowest BCUT2D eigenvalue weighted by atomic mass is 9.73. The highest BCUT2D eigenvalue weighted by Crippen LogP contribution is 2.40. The van der Waals surface area contributed by atoms with Crippen molar-refractivity contribution < 1.29 is 9.18 Å². The molecule has 2 fully saturated rings. The van der Waals surface area contributed by atoms with Gasteiger partial charge in [0.15, 0.2) is 0 Å². The van der Waals surface area contributed by atoms with Gasteiger partial charge in [0.25, 0.3) is 0 Å². The van der Waals surface area contributed by atoms with Gasteiger partial charge < -0.3 is 9.80 Å². The lowest BCUT2D eigenvalue weighted by Crippen LogP contribution is -2.72. The standard InChI is InChI=1S/C11H12FN3O/c12-9-1-2-10(13-3-9)15-6-11(7-15)4-14(5-11)8-16/h1-3,8H,4-7H2. The first-order valence-corrected chi connectivity index (χ1v) is 5.27. The van der Waals surface area contributed by atoms with Crippen LogP contribution in [0.4, 0.5) is 10.2 Å². The number of carbonyl (C=O) groups is 1. The third-order valence-corrected chi connectivity index (χ3v) is 3.31. The van der Waals surface area contributed by atoms with E-state index in [2.05, 4.69) is 9.88 Å². The molecule has 1 aromatic heterocycles. The average Bonchev–Trinajstić information content (AvgIpc) is 2.17. The highest BCUT2D eigenvalue weighted by atomic mass is 19.1. The maximum atomic E-state index is 12.7. The molecule has 3 heterocycles. The second-order valence-corrected chi connectivity index (χ2v) is 4.70. The highest BCUT2D eigenvalue weighted by molar-refractivity contribution is 5.52. The maximum Gasteiger partial charge on any atom is 0.209 e. The maximum absolute atomic E-state index is 12.7. The number of anilines is 1. The van der Waals surface area contributed by atoms with Crippen LogP contribution in [-0.4, -0.2) is 42.5 Å². The van der Waals surface area contributed by atoms with Gasteiger partial charge >= 0.3 is 0 Å². The van der Waals surface area contributed by atoms with Crippen molar-refractivity contribution in [3.8, 4) is 0 Å². The SMILES string of the molecule is O=CN1CC2(C1)CN(c1ccc(F)cn1)C2. The molecule has 0 saturated carbocycles. The van der Waals surface area contributed by atoms with Crippen LogP contribution in [0.25, 0.3) is 0 Å². The number of likely N-dealkylation sites (tertiary alicyclic amines) is 1. The van der Waals surface area contributed by atoms with Crippen molar-refractivity contribution in [2.75, 3.05) is 31.1 Å². The Labute approximate surface area is 92.7 Å². The molecule has 0 atom stereocenters. The normalized spacial score (nSPS) is 21.6. The topological polar surface area (TPSA) is 36.4 Å². The summed E-state index contributed by atoms with van der Waals surface area (Å²) in [7, 11) is 0. The fraction of sp³-hybridized carbons (Fsp3) is 0.455. The minimum absolute atomic E-state index is 0.275. The van der Waals surface area contributed by atoms with Crippen LogP contribution in [0.2, 0.25) is 0 Å². The Bertz CT molecular complexity index is 406. The minimum atomic E-state index is -0.310. The third-order valence-electron chi connectivity index (χ3n) is 3.31. The van der Waals surface area contributed by atoms with E-state index in [0.29, 0.717) is 0 Å². The van der Waals surface area contributed by atoms with Crippen LogP contribution in [0.15, 0.2) is 18.3 Å². The fourth-order valence-corrected chi connectivity index (χ4v) is 2.57. The van der Waals surface area contributed by atoms with Crippen LogP contribution in [0.1, 0.15) is 0 Å². The van der Waals surface area contributed by atoms with Crippen LogP contribution >= 0.6 is 0 Å². The number of amides is 1. The second-order valence-electron chi connectivity index (χ2n) is 4.70. The summed E-state index contributed by atoms with van der Waals surface area (Å²) >= 11 is 0. The molecule has 1 spiro atoms. The van der Waals surface area contributed by atoms with Gasteiger partial charge in [-0.05, 0) is 12.1 Å². The molecule has 1 aromatic rings. The van der Waals surface area contributed by atoms with Gasteiger partial charge in [0.1, 0.15) is 11.6 Å². The van der Waals surface area contributed by atoms with Gasteiger partial charge in [0.2, 0.25) is 6.41 Å². The largest absolute Gasteiger partial charge is 0.355 e. The molecule has 0 bridgehead atoms. The van der Waals surface area contributed by atoms with Crippen molar-refractivity contribution in [2.45, 2.75) is 0 Å². The van der Waals surface area contributed by atoms with Crippen LogP contribution in [0, 0.1) is 11.2 Å². The Morgan fingerprint density at radius 1 is 1.31 bits per heavy atom. The fourth-order valence-electron chi connectivity index (χ4n) is 2.57. The number of rotatable bonds is 2. The van der Waals surface area contributed by atoms with E-state index in [0.717, 1.165) is 38.4 Å². The monoisotopic (exact) mass is 221 g/mol. The Kier molecular flexibility index (Phi) is 1.89. The van der Waals surface area contributed by atoms with E-state index < -0.39 is 0 Å². The van der Waals surface area contributed by atoms with Gasteiger partial charge in [0.05, 0.1) is 6.20 Å². The van der Waals surface area contributed by atoms with Crippen molar-refractivity contribution in [2.24, 2.45) is 5.41 Å². The second kappa shape index (κ2) is 3.17. The summed E-state index contributed by atoms with van der Waals surface area (Å²) < 4.78 is 12.7. The first kappa shape index (κ1) is 9.57. The number of hydrogen-bond acceptors (Lipinski definition) is 3. The number of carbonyl (C=O) groups excluding carboxylic acids is 1. The minimum Gasteiger partial charge on any atom is -0.355 e. The molecule has 1 amide bonds. The van der Waals surface area contributed by atoms with Crippen LogP contribution in [0.3, 0.4) is 0 Å². The summed E-state index contributed by atoms with van der Waals surface area (Å²) in [5.41, 5.74) is 0.275. The van der Waals surface area contributed by atoms with Gasteiger partial charge in [-0.3, -0.25) is 4.79 Å². The van der Waals surface area contributed by atoms with E-state index in [1.165, 1.54) is 12.3 Å². The summed E-state index contributed by atoms with van der Waals surface area (Å²) in [5.74, 6) is 0.506. The van der Waals surface area contributed by atoms with E-state index in [1.54, 1.807) is 11.0 Å². The Morgan fingerprint density at radius 2 is 2.06 bits per heavy atom. The molecule has 2 aliphatic rings. The number of hydrogen-bond donors (Lipinski definition) is 0. The predicted molar refractivity (Wildman–Crippen MR) is 56.5 cm³/mol. The quantitative estimate of drug-likeness (QED) is 0.682. The molecule has 2 aliphatic heterocycles. The Balaban J connectivity index is 1.61. The van der Waals surface area contributed by atoms with Crippen LogP contribution in [-0.2, 0) is 4.79 Å². The van der Waals surface area contributed by atoms with Crippen molar-refractivity contribution in [1.82, 2.24) is 9.88 Å². The molecule has 3 rings (SSSR count). The summed E-state index contributed by atoms with van der Waals surface area (Å²) in [6.07, 6.45) is 2.13. The summed E-state index contributed by atoms with van der Waals surface area (Å²) in [6.45, 7) is 3.51. The lowest BCUT2D eigenvalue weighted by molar-refractivity contribution is -0.130. The van der Waals surface area contributed by atoms with Gasteiger partial charge in [-0.1, -0.05) is 0 Å². The van der Waals surface area contributed by atoms with Crippen molar-refractivity contribution >= 4 is 12.2 Å². The number of pyridine rings is 1. The van der Waals surface area contributed by atoms with Gasteiger partial charge in [0, 0.05) is 31.6 Å². The highest BCUT2D eigenvalue weighted by Gasteiger charge is 2.51. The van der Waals surface area contributed by atoms with Gasteiger partial charge in [-0.15, -0.1) is 0 Å². The zero-order valence-electron chi connectivity index (χ0n) is 8.77. The Hall–Kier alpha value is -1.65. The van der Waals surface area contributed by atoms with E-state index in [4.69, 9.17) is 0 Å². The molecule has 0 radical (unpaired) electrons. The van der Waals surface area contributed by atoms with Gasteiger partial charge in [-0.2, -0.15) is 0 Å². The number of nitrogens with zero attached hydrogens (tertiary/aromatic N) is 3. The number of halogens is 1. The van der Waals surface area contributed by atoms with E-state index in [-0.39, 0.29) is 11.2 Å². The molecule has 0 unspecified atom stereocenters. The Morgan fingerprint density at radius 3 is 2.62 bits per heavy atom. The zero-order valence-corrected chi connectivity index (χ0v) is 8.77. The predicted octanol–water partition coefficient (Wildman–Crippen LogP) is 0.499. The lowest BCUT2D eigenvalue weighted by Gasteiger charge is -2.59. The first-order chi connectivity index (χ1) is 7.71. The molecular weight excluding hydrogens is 209 g/mol. The molecule has 2 saturated heterocycles. The summed E-state index contributed by atoms with van der Waals surface area (Å²) in [5, 5.41) is 0. The molecule has 5 heteroatoms. The molecule has 84 valence electrons.